The smallest absolute Gasteiger partial charge is 0.194 e. The molecule has 4 rings (SSSR count). The van der Waals surface area contributed by atoms with Crippen molar-refractivity contribution in [1.29, 1.82) is 0 Å². The third-order valence-corrected chi connectivity index (χ3v) is 6.52. The van der Waals surface area contributed by atoms with Gasteiger partial charge in [-0.05, 0) is 50.9 Å². The van der Waals surface area contributed by atoms with Crippen molar-refractivity contribution in [2.24, 2.45) is 23.9 Å². The van der Waals surface area contributed by atoms with Crippen molar-refractivity contribution in [2.45, 2.75) is 51.7 Å². The van der Waals surface area contributed by atoms with Crippen LogP contribution in [0.4, 0.5) is 0 Å². The van der Waals surface area contributed by atoms with E-state index in [0.29, 0.717) is 12.6 Å². The molecule has 2 unspecified atom stereocenters. The Morgan fingerprint density at radius 2 is 2.00 bits per heavy atom. The van der Waals surface area contributed by atoms with Crippen molar-refractivity contribution < 1.29 is 9.47 Å². The maximum absolute atomic E-state index is 5.79. The summed E-state index contributed by atoms with van der Waals surface area (Å²) >= 11 is 0. The lowest BCUT2D eigenvalue weighted by atomic mass is 9.85. The molecule has 3 saturated heterocycles. The number of nitrogens with zero attached hydrogens (tertiary/aromatic N) is 5. The zero-order valence-corrected chi connectivity index (χ0v) is 17.3. The molecule has 8 nitrogen and oxygen atoms in total. The molecule has 0 radical (unpaired) electrons. The number of nitrogens with one attached hydrogen (secondary N) is 1. The van der Waals surface area contributed by atoms with Crippen LogP contribution in [0.2, 0.25) is 0 Å². The standard InChI is InChI=1S/C20H34N6O2/c1-15-23-24-19(25(15)2)13-22-20(21-12-18-4-3-9-28-18)26-8-5-17(14-26)16-6-10-27-11-7-16/h16-18H,3-14H2,1-2H3,(H,21,22). The minimum atomic E-state index is 0.302. The number of aryl methyl sites for hydroxylation is 1. The molecule has 3 aliphatic heterocycles. The third kappa shape index (κ3) is 4.66. The highest BCUT2D eigenvalue weighted by molar-refractivity contribution is 5.80. The van der Waals surface area contributed by atoms with Gasteiger partial charge in [0, 0.05) is 46.5 Å². The first-order chi connectivity index (χ1) is 13.7. The molecule has 28 heavy (non-hydrogen) atoms. The first-order valence-electron chi connectivity index (χ1n) is 10.8. The molecule has 0 spiro atoms. The number of hydrogen-bond donors (Lipinski definition) is 1. The minimum Gasteiger partial charge on any atom is -0.381 e. The Labute approximate surface area is 167 Å². The Kier molecular flexibility index (Phi) is 6.47. The zero-order valence-electron chi connectivity index (χ0n) is 17.3. The summed E-state index contributed by atoms with van der Waals surface area (Å²) in [5, 5.41) is 12.0. The topological polar surface area (TPSA) is 76.8 Å². The molecule has 2 atom stereocenters. The van der Waals surface area contributed by atoms with E-state index in [9.17, 15) is 0 Å². The number of aromatic nitrogens is 3. The summed E-state index contributed by atoms with van der Waals surface area (Å²) in [5.74, 6) is 4.34. The van der Waals surface area contributed by atoms with Gasteiger partial charge in [0.05, 0.1) is 6.10 Å². The number of rotatable bonds is 5. The maximum atomic E-state index is 5.79. The number of hydrogen-bond acceptors (Lipinski definition) is 5. The van der Waals surface area contributed by atoms with Gasteiger partial charge in [-0.25, -0.2) is 4.99 Å². The van der Waals surface area contributed by atoms with Crippen molar-refractivity contribution >= 4 is 5.96 Å². The highest BCUT2D eigenvalue weighted by Gasteiger charge is 2.32. The van der Waals surface area contributed by atoms with Crippen LogP contribution in [0.15, 0.2) is 4.99 Å². The SMILES string of the molecule is Cc1nnc(CN=C(NCC2CCCO2)N2CCC(C3CCOCC3)C2)n1C. The van der Waals surface area contributed by atoms with Gasteiger partial charge in [-0.1, -0.05) is 0 Å². The van der Waals surface area contributed by atoms with Crippen LogP contribution in [0.3, 0.4) is 0 Å². The van der Waals surface area contributed by atoms with Crippen molar-refractivity contribution in [3.05, 3.63) is 11.6 Å². The number of likely N-dealkylation sites (tertiary alicyclic amines) is 1. The predicted octanol–water partition coefficient (Wildman–Crippen LogP) is 1.50. The van der Waals surface area contributed by atoms with E-state index in [1.54, 1.807) is 0 Å². The van der Waals surface area contributed by atoms with Crippen LogP contribution in [-0.2, 0) is 23.1 Å². The first kappa shape index (κ1) is 19.6. The summed E-state index contributed by atoms with van der Waals surface area (Å²) in [7, 11) is 2.00. The first-order valence-corrected chi connectivity index (χ1v) is 10.8. The fourth-order valence-electron chi connectivity index (χ4n) is 4.56. The number of guanidine groups is 1. The highest BCUT2D eigenvalue weighted by atomic mass is 16.5. The Morgan fingerprint density at radius 1 is 1.14 bits per heavy atom. The van der Waals surface area contributed by atoms with Crippen LogP contribution in [0.1, 0.15) is 43.8 Å². The minimum absolute atomic E-state index is 0.302. The Balaban J connectivity index is 1.41. The van der Waals surface area contributed by atoms with E-state index in [2.05, 4.69) is 20.4 Å². The van der Waals surface area contributed by atoms with E-state index in [1.807, 2.05) is 18.5 Å². The molecule has 0 saturated carbocycles. The van der Waals surface area contributed by atoms with Gasteiger partial charge in [0.25, 0.3) is 0 Å². The maximum Gasteiger partial charge on any atom is 0.194 e. The largest absolute Gasteiger partial charge is 0.381 e. The summed E-state index contributed by atoms with van der Waals surface area (Å²) in [6, 6.07) is 0. The second kappa shape index (κ2) is 9.22. The monoisotopic (exact) mass is 390 g/mol. The highest BCUT2D eigenvalue weighted by Crippen LogP contribution is 2.31. The van der Waals surface area contributed by atoms with Crippen LogP contribution in [0.25, 0.3) is 0 Å². The van der Waals surface area contributed by atoms with Gasteiger partial charge in [0.2, 0.25) is 0 Å². The molecule has 1 aromatic heterocycles. The van der Waals surface area contributed by atoms with Crippen molar-refractivity contribution in [2.75, 3.05) is 39.5 Å². The van der Waals surface area contributed by atoms with E-state index in [4.69, 9.17) is 14.5 Å². The summed E-state index contributed by atoms with van der Waals surface area (Å²) in [6.45, 7) is 8.22. The van der Waals surface area contributed by atoms with Crippen LogP contribution in [-0.4, -0.2) is 71.2 Å². The summed E-state index contributed by atoms with van der Waals surface area (Å²) in [5.41, 5.74) is 0. The molecule has 0 amide bonds. The van der Waals surface area contributed by atoms with Crippen LogP contribution in [0, 0.1) is 18.8 Å². The fraction of sp³-hybridized carbons (Fsp3) is 0.850. The van der Waals surface area contributed by atoms with Crippen LogP contribution >= 0.6 is 0 Å². The Morgan fingerprint density at radius 3 is 2.71 bits per heavy atom. The Hall–Kier alpha value is -1.67. The molecule has 0 aromatic carbocycles. The molecule has 1 aromatic rings. The fourth-order valence-corrected chi connectivity index (χ4v) is 4.56. The molecular formula is C20H34N6O2. The average Bonchev–Trinajstić information content (AvgIpc) is 3.47. The average molecular weight is 391 g/mol. The molecule has 4 heterocycles. The van der Waals surface area contributed by atoms with E-state index in [-0.39, 0.29) is 0 Å². The van der Waals surface area contributed by atoms with Crippen molar-refractivity contribution in [3.8, 4) is 0 Å². The predicted molar refractivity (Wildman–Crippen MR) is 107 cm³/mol. The number of aliphatic imine (C=N–C) groups is 1. The zero-order chi connectivity index (χ0) is 19.3. The lowest BCUT2D eigenvalue weighted by molar-refractivity contribution is 0.0487. The van der Waals surface area contributed by atoms with Gasteiger partial charge < -0.3 is 24.3 Å². The molecule has 3 aliphatic rings. The van der Waals surface area contributed by atoms with Crippen molar-refractivity contribution in [1.82, 2.24) is 25.0 Å². The second-order valence-corrected chi connectivity index (χ2v) is 8.32. The normalized spacial score (nSPS) is 26.9. The third-order valence-electron chi connectivity index (χ3n) is 6.52. The number of ether oxygens (including phenoxy) is 2. The molecule has 156 valence electrons. The summed E-state index contributed by atoms with van der Waals surface area (Å²) < 4.78 is 13.4. The van der Waals surface area contributed by atoms with E-state index >= 15 is 0 Å². The second-order valence-electron chi connectivity index (χ2n) is 8.32. The molecular weight excluding hydrogens is 356 g/mol. The molecule has 3 fully saturated rings. The van der Waals surface area contributed by atoms with Crippen LogP contribution in [0.5, 0.6) is 0 Å². The molecule has 0 bridgehead atoms. The Bertz CT molecular complexity index is 664. The molecule has 0 aliphatic carbocycles. The van der Waals surface area contributed by atoms with Gasteiger partial charge >= 0.3 is 0 Å². The quantitative estimate of drug-likeness (QED) is 0.606. The van der Waals surface area contributed by atoms with Crippen molar-refractivity contribution in [3.63, 3.8) is 0 Å². The molecule has 1 N–H and O–H groups in total. The van der Waals surface area contributed by atoms with Gasteiger partial charge in [0.15, 0.2) is 11.8 Å². The van der Waals surface area contributed by atoms with E-state index in [1.165, 1.54) is 19.3 Å². The lowest BCUT2D eigenvalue weighted by Crippen LogP contribution is -2.43. The summed E-state index contributed by atoms with van der Waals surface area (Å²) in [4.78, 5) is 7.35. The van der Waals surface area contributed by atoms with E-state index < -0.39 is 0 Å². The summed E-state index contributed by atoms with van der Waals surface area (Å²) in [6.07, 6.45) is 6.24. The lowest BCUT2D eigenvalue weighted by Gasteiger charge is -2.28. The van der Waals surface area contributed by atoms with Gasteiger partial charge in [-0.15, -0.1) is 10.2 Å². The van der Waals surface area contributed by atoms with E-state index in [0.717, 1.165) is 81.7 Å². The van der Waals surface area contributed by atoms with Gasteiger partial charge in [-0.2, -0.15) is 0 Å². The van der Waals surface area contributed by atoms with Crippen LogP contribution < -0.4 is 5.32 Å². The molecule has 8 heteroatoms. The van der Waals surface area contributed by atoms with Gasteiger partial charge in [-0.3, -0.25) is 0 Å². The van der Waals surface area contributed by atoms with Gasteiger partial charge in [0.1, 0.15) is 12.4 Å².